The summed E-state index contributed by atoms with van der Waals surface area (Å²) in [6.45, 7) is 7.41. The largest absolute Gasteiger partial charge is 0.380 e. The molecule has 88 valence electrons. The Morgan fingerprint density at radius 1 is 1.25 bits per heavy atom. The third kappa shape index (κ3) is 3.66. The minimum Gasteiger partial charge on any atom is -0.380 e. The van der Waals surface area contributed by atoms with Crippen molar-refractivity contribution in [1.29, 1.82) is 0 Å². The minimum atomic E-state index is 0.713. The molecule has 0 aliphatic heterocycles. The van der Waals surface area contributed by atoms with Crippen molar-refractivity contribution >= 4 is 12.0 Å². The van der Waals surface area contributed by atoms with Gasteiger partial charge in [0.25, 0.3) is 0 Å². The van der Waals surface area contributed by atoms with E-state index in [9.17, 15) is 4.79 Å². The van der Waals surface area contributed by atoms with E-state index in [1.807, 2.05) is 31.2 Å². The zero-order chi connectivity index (χ0) is 11.8. The standard InChI is InChI=1S/C13H19NO2/c1-3-14(9-10-16-4-2)13-7-5-12(11-15)6-8-13/h5-8,11H,3-4,9-10H2,1-2H3. The number of benzene rings is 1. The SMILES string of the molecule is CCOCCN(CC)c1ccc(C=O)cc1. The van der Waals surface area contributed by atoms with Gasteiger partial charge >= 0.3 is 0 Å². The Labute approximate surface area is 97.0 Å². The number of carbonyl (C=O) groups is 1. The van der Waals surface area contributed by atoms with Gasteiger partial charge in [0, 0.05) is 30.9 Å². The average Bonchev–Trinajstić information content (AvgIpc) is 2.35. The number of likely N-dealkylation sites (N-methyl/N-ethyl adjacent to an activating group) is 1. The molecule has 0 bridgehead atoms. The van der Waals surface area contributed by atoms with Crippen molar-refractivity contribution in [3.8, 4) is 0 Å². The lowest BCUT2D eigenvalue weighted by atomic mass is 10.2. The first-order valence-electron chi connectivity index (χ1n) is 5.69. The fourth-order valence-electron chi connectivity index (χ4n) is 1.55. The second kappa shape index (κ2) is 7.01. The van der Waals surface area contributed by atoms with Crippen LogP contribution in [0.25, 0.3) is 0 Å². The number of rotatable bonds is 7. The third-order valence-corrected chi connectivity index (χ3v) is 2.49. The summed E-state index contributed by atoms with van der Waals surface area (Å²) in [5.74, 6) is 0. The van der Waals surface area contributed by atoms with E-state index in [4.69, 9.17) is 4.74 Å². The van der Waals surface area contributed by atoms with E-state index < -0.39 is 0 Å². The maximum Gasteiger partial charge on any atom is 0.150 e. The summed E-state index contributed by atoms with van der Waals surface area (Å²) in [5.41, 5.74) is 1.84. The maximum absolute atomic E-state index is 10.5. The number of nitrogens with zero attached hydrogens (tertiary/aromatic N) is 1. The predicted octanol–water partition coefficient (Wildman–Crippen LogP) is 2.36. The molecule has 16 heavy (non-hydrogen) atoms. The topological polar surface area (TPSA) is 29.5 Å². The van der Waals surface area contributed by atoms with E-state index in [2.05, 4.69) is 11.8 Å². The lowest BCUT2D eigenvalue weighted by Crippen LogP contribution is -2.27. The van der Waals surface area contributed by atoms with Gasteiger partial charge in [0.05, 0.1) is 6.61 Å². The van der Waals surface area contributed by atoms with Gasteiger partial charge in [-0.3, -0.25) is 4.79 Å². The van der Waals surface area contributed by atoms with Crippen LogP contribution in [0.3, 0.4) is 0 Å². The van der Waals surface area contributed by atoms with Crippen LogP contribution in [-0.2, 0) is 4.74 Å². The smallest absolute Gasteiger partial charge is 0.150 e. The summed E-state index contributed by atoms with van der Waals surface area (Å²) in [5, 5.41) is 0. The molecule has 3 nitrogen and oxygen atoms in total. The van der Waals surface area contributed by atoms with Crippen LogP contribution >= 0.6 is 0 Å². The summed E-state index contributed by atoms with van der Waals surface area (Å²) in [7, 11) is 0. The number of hydrogen-bond acceptors (Lipinski definition) is 3. The van der Waals surface area contributed by atoms with Crippen LogP contribution in [0.2, 0.25) is 0 Å². The molecule has 0 aliphatic rings. The summed E-state index contributed by atoms with van der Waals surface area (Å²) >= 11 is 0. The van der Waals surface area contributed by atoms with E-state index in [0.29, 0.717) is 5.56 Å². The van der Waals surface area contributed by atoms with Gasteiger partial charge in [-0.1, -0.05) is 0 Å². The van der Waals surface area contributed by atoms with E-state index >= 15 is 0 Å². The van der Waals surface area contributed by atoms with Gasteiger partial charge < -0.3 is 9.64 Å². The molecular formula is C13H19NO2. The average molecular weight is 221 g/mol. The van der Waals surface area contributed by atoms with Crippen LogP contribution in [0.15, 0.2) is 24.3 Å². The van der Waals surface area contributed by atoms with Crippen LogP contribution in [0.5, 0.6) is 0 Å². The normalized spacial score (nSPS) is 10.1. The molecule has 0 amide bonds. The fourth-order valence-corrected chi connectivity index (χ4v) is 1.55. The van der Waals surface area contributed by atoms with Crippen LogP contribution in [-0.4, -0.2) is 32.6 Å². The summed E-state index contributed by atoms with van der Waals surface area (Å²) in [6, 6.07) is 7.62. The van der Waals surface area contributed by atoms with Gasteiger partial charge in [0.15, 0.2) is 0 Å². The van der Waals surface area contributed by atoms with Crippen molar-refractivity contribution in [1.82, 2.24) is 0 Å². The Morgan fingerprint density at radius 3 is 2.44 bits per heavy atom. The van der Waals surface area contributed by atoms with E-state index in [0.717, 1.165) is 38.3 Å². The Kier molecular flexibility index (Phi) is 5.57. The fraction of sp³-hybridized carbons (Fsp3) is 0.462. The number of anilines is 1. The van der Waals surface area contributed by atoms with Gasteiger partial charge in [0.1, 0.15) is 6.29 Å². The second-order valence-corrected chi connectivity index (χ2v) is 3.49. The van der Waals surface area contributed by atoms with Gasteiger partial charge in [-0.25, -0.2) is 0 Å². The lowest BCUT2D eigenvalue weighted by Gasteiger charge is -2.22. The Hall–Kier alpha value is -1.35. The van der Waals surface area contributed by atoms with Crippen molar-refractivity contribution in [3.05, 3.63) is 29.8 Å². The molecule has 0 N–H and O–H groups in total. The van der Waals surface area contributed by atoms with Crippen molar-refractivity contribution in [2.24, 2.45) is 0 Å². The molecule has 0 atom stereocenters. The number of ether oxygens (including phenoxy) is 1. The third-order valence-electron chi connectivity index (χ3n) is 2.49. The predicted molar refractivity (Wildman–Crippen MR) is 66.2 cm³/mol. The summed E-state index contributed by atoms with van der Waals surface area (Å²) in [4.78, 5) is 12.8. The first-order chi connectivity index (χ1) is 7.81. The Morgan fingerprint density at radius 2 is 1.94 bits per heavy atom. The summed E-state index contributed by atoms with van der Waals surface area (Å²) < 4.78 is 5.33. The van der Waals surface area contributed by atoms with Crippen molar-refractivity contribution < 1.29 is 9.53 Å². The highest BCUT2D eigenvalue weighted by Gasteiger charge is 2.03. The van der Waals surface area contributed by atoms with Gasteiger partial charge in [-0.15, -0.1) is 0 Å². The lowest BCUT2D eigenvalue weighted by molar-refractivity contribution is 0.112. The van der Waals surface area contributed by atoms with Crippen molar-refractivity contribution in [2.75, 3.05) is 31.2 Å². The highest BCUT2D eigenvalue weighted by Crippen LogP contribution is 2.14. The van der Waals surface area contributed by atoms with Crippen LogP contribution in [0, 0.1) is 0 Å². The zero-order valence-corrected chi connectivity index (χ0v) is 9.98. The molecule has 0 aromatic heterocycles. The van der Waals surface area contributed by atoms with Crippen molar-refractivity contribution in [2.45, 2.75) is 13.8 Å². The molecule has 0 heterocycles. The number of carbonyl (C=O) groups excluding carboxylic acids is 1. The molecule has 0 aliphatic carbocycles. The van der Waals surface area contributed by atoms with E-state index in [1.165, 1.54) is 0 Å². The first kappa shape index (κ1) is 12.7. The Balaban J connectivity index is 2.59. The minimum absolute atomic E-state index is 0.713. The monoisotopic (exact) mass is 221 g/mol. The molecule has 0 unspecified atom stereocenters. The van der Waals surface area contributed by atoms with Crippen LogP contribution < -0.4 is 4.90 Å². The molecule has 1 rings (SSSR count). The zero-order valence-electron chi connectivity index (χ0n) is 9.98. The van der Waals surface area contributed by atoms with Crippen LogP contribution in [0.4, 0.5) is 5.69 Å². The van der Waals surface area contributed by atoms with Gasteiger partial charge in [-0.05, 0) is 38.1 Å². The summed E-state index contributed by atoms with van der Waals surface area (Å²) in [6.07, 6.45) is 0.861. The van der Waals surface area contributed by atoms with Gasteiger partial charge in [0.2, 0.25) is 0 Å². The van der Waals surface area contributed by atoms with Crippen molar-refractivity contribution in [3.63, 3.8) is 0 Å². The maximum atomic E-state index is 10.5. The molecule has 0 saturated carbocycles. The number of hydrogen-bond donors (Lipinski definition) is 0. The second-order valence-electron chi connectivity index (χ2n) is 3.49. The van der Waals surface area contributed by atoms with Gasteiger partial charge in [-0.2, -0.15) is 0 Å². The van der Waals surface area contributed by atoms with E-state index in [1.54, 1.807) is 0 Å². The first-order valence-corrected chi connectivity index (χ1v) is 5.69. The molecular weight excluding hydrogens is 202 g/mol. The van der Waals surface area contributed by atoms with Crippen LogP contribution in [0.1, 0.15) is 24.2 Å². The number of aldehydes is 1. The molecule has 0 saturated heterocycles. The molecule has 1 aromatic rings. The molecule has 0 spiro atoms. The molecule has 0 fully saturated rings. The highest BCUT2D eigenvalue weighted by molar-refractivity contribution is 5.75. The molecule has 1 aromatic carbocycles. The van der Waals surface area contributed by atoms with E-state index in [-0.39, 0.29) is 0 Å². The highest BCUT2D eigenvalue weighted by atomic mass is 16.5. The molecule has 0 radical (unpaired) electrons. The Bertz CT molecular complexity index is 308. The molecule has 3 heteroatoms. The quantitative estimate of drug-likeness (QED) is 0.523.